The lowest BCUT2D eigenvalue weighted by Gasteiger charge is -2.19. The number of nitrogens with zero attached hydrogens (tertiary/aromatic N) is 2. The van der Waals surface area contributed by atoms with Crippen LogP contribution < -0.4 is 9.30 Å². The molecule has 0 bridgehead atoms. The van der Waals surface area contributed by atoms with Crippen LogP contribution in [-0.2, 0) is 17.9 Å². The van der Waals surface area contributed by atoms with Crippen LogP contribution in [-0.4, -0.2) is 29.7 Å². The van der Waals surface area contributed by atoms with E-state index in [-0.39, 0.29) is 18.2 Å². The van der Waals surface area contributed by atoms with Gasteiger partial charge in [0.05, 0.1) is 13.2 Å². The molecule has 204 valence electrons. The third kappa shape index (κ3) is 12.4. The Morgan fingerprint density at radius 3 is 1.95 bits per heavy atom. The van der Waals surface area contributed by atoms with E-state index in [1.165, 1.54) is 77.6 Å². The van der Waals surface area contributed by atoms with Gasteiger partial charge in [-0.15, -0.1) is 0 Å². The fourth-order valence-corrected chi connectivity index (χ4v) is 4.57. The molecule has 0 unspecified atom stereocenters. The topological polar surface area (TPSA) is 50.5 Å². The van der Waals surface area contributed by atoms with E-state index in [0.29, 0.717) is 18.7 Å². The Kier molecular flexibility index (Phi) is 15.3. The first kappa shape index (κ1) is 30.5. The van der Waals surface area contributed by atoms with Gasteiger partial charge < -0.3 is 9.64 Å². The van der Waals surface area contributed by atoms with Crippen LogP contribution in [0.1, 0.15) is 114 Å². The van der Waals surface area contributed by atoms with Crippen molar-refractivity contribution in [2.45, 2.75) is 111 Å². The highest BCUT2D eigenvalue weighted by atomic mass is 16.5. The van der Waals surface area contributed by atoms with Crippen LogP contribution in [0.4, 0.5) is 0 Å². The molecule has 2 aromatic rings. The number of Topliss-reactive ketones (excluding diaryl/α,β-unsaturated/α-hetero) is 1. The van der Waals surface area contributed by atoms with Gasteiger partial charge in [-0.2, -0.15) is 0 Å². The average Bonchev–Trinajstić information content (AvgIpc) is 2.91. The quantitative estimate of drug-likeness (QED) is 0.107. The SMILES string of the molecule is CCCCCCCCCCCCCCOc1ccc(C(=O)CN(Cc2cccc[n+]2CC)C(C)=O)cc1. The van der Waals surface area contributed by atoms with E-state index in [2.05, 4.69) is 18.4 Å². The van der Waals surface area contributed by atoms with Crippen molar-refractivity contribution < 1.29 is 18.9 Å². The summed E-state index contributed by atoms with van der Waals surface area (Å²) in [4.78, 5) is 26.7. The summed E-state index contributed by atoms with van der Waals surface area (Å²) in [5.74, 6) is 0.611. The molecule has 0 aliphatic rings. The molecule has 1 amide bonds. The Balaban J connectivity index is 1.64. The number of unbranched alkanes of at least 4 members (excludes halogenated alkanes) is 11. The number of ether oxygens (including phenoxy) is 1. The van der Waals surface area contributed by atoms with E-state index in [9.17, 15) is 9.59 Å². The number of pyridine rings is 1. The fraction of sp³-hybridized carbons (Fsp3) is 0.594. The van der Waals surface area contributed by atoms with Crippen LogP contribution in [0.5, 0.6) is 5.75 Å². The zero-order chi connectivity index (χ0) is 26.7. The summed E-state index contributed by atoms with van der Waals surface area (Å²) in [7, 11) is 0. The third-order valence-corrected chi connectivity index (χ3v) is 6.95. The number of carbonyl (C=O) groups is 2. The van der Waals surface area contributed by atoms with Gasteiger partial charge in [0.2, 0.25) is 11.6 Å². The minimum atomic E-state index is -0.109. The first-order chi connectivity index (χ1) is 18.0. The highest BCUT2D eigenvalue weighted by molar-refractivity contribution is 5.99. The number of amides is 1. The van der Waals surface area contributed by atoms with Crippen molar-refractivity contribution in [3.8, 4) is 5.75 Å². The number of aromatic nitrogens is 1. The minimum Gasteiger partial charge on any atom is -0.494 e. The van der Waals surface area contributed by atoms with Gasteiger partial charge in [-0.3, -0.25) is 9.59 Å². The van der Waals surface area contributed by atoms with E-state index < -0.39 is 0 Å². The molecule has 0 aliphatic heterocycles. The summed E-state index contributed by atoms with van der Waals surface area (Å²) in [6.45, 7) is 7.84. The predicted molar refractivity (Wildman–Crippen MR) is 151 cm³/mol. The summed E-state index contributed by atoms with van der Waals surface area (Å²) < 4.78 is 7.96. The number of hydrogen-bond donors (Lipinski definition) is 0. The molecule has 0 saturated heterocycles. The largest absolute Gasteiger partial charge is 0.494 e. The van der Waals surface area contributed by atoms with Gasteiger partial charge >= 0.3 is 0 Å². The highest BCUT2D eigenvalue weighted by Gasteiger charge is 2.19. The van der Waals surface area contributed by atoms with Crippen molar-refractivity contribution in [1.29, 1.82) is 0 Å². The van der Waals surface area contributed by atoms with Crippen molar-refractivity contribution in [2.24, 2.45) is 0 Å². The van der Waals surface area contributed by atoms with Crippen molar-refractivity contribution in [3.05, 3.63) is 59.9 Å². The fourth-order valence-electron chi connectivity index (χ4n) is 4.57. The van der Waals surface area contributed by atoms with E-state index in [4.69, 9.17) is 4.74 Å². The van der Waals surface area contributed by atoms with Gasteiger partial charge in [0.25, 0.3) is 0 Å². The van der Waals surface area contributed by atoms with Crippen molar-refractivity contribution in [1.82, 2.24) is 4.90 Å². The molecule has 5 heteroatoms. The van der Waals surface area contributed by atoms with Crippen LogP contribution in [0.15, 0.2) is 48.7 Å². The molecule has 0 N–H and O–H groups in total. The average molecular weight is 510 g/mol. The summed E-state index contributed by atoms with van der Waals surface area (Å²) in [6, 6.07) is 13.2. The van der Waals surface area contributed by atoms with Crippen molar-refractivity contribution in [3.63, 3.8) is 0 Å². The maximum Gasteiger partial charge on any atom is 0.220 e. The Labute approximate surface area is 225 Å². The predicted octanol–water partition coefficient (Wildman–Crippen LogP) is 7.31. The molecule has 1 heterocycles. The summed E-state index contributed by atoms with van der Waals surface area (Å²) in [5.41, 5.74) is 1.61. The van der Waals surface area contributed by atoms with Gasteiger partial charge in [0, 0.05) is 24.6 Å². The molecule has 1 aromatic heterocycles. The van der Waals surface area contributed by atoms with Gasteiger partial charge in [-0.05, 0) is 37.6 Å². The second-order valence-corrected chi connectivity index (χ2v) is 10.0. The lowest BCUT2D eigenvalue weighted by molar-refractivity contribution is -0.701. The first-order valence-corrected chi connectivity index (χ1v) is 14.5. The number of aryl methyl sites for hydroxylation is 1. The maximum atomic E-state index is 12.9. The highest BCUT2D eigenvalue weighted by Crippen LogP contribution is 2.15. The lowest BCUT2D eigenvalue weighted by Crippen LogP contribution is -2.42. The van der Waals surface area contributed by atoms with E-state index >= 15 is 0 Å². The normalized spacial score (nSPS) is 10.9. The Bertz CT molecular complexity index is 911. The second-order valence-electron chi connectivity index (χ2n) is 10.0. The van der Waals surface area contributed by atoms with Crippen molar-refractivity contribution in [2.75, 3.05) is 13.2 Å². The summed E-state index contributed by atoms with van der Waals surface area (Å²) in [6.07, 6.45) is 17.9. The zero-order valence-corrected chi connectivity index (χ0v) is 23.6. The van der Waals surface area contributed by atoms with Crippen LogP contribution in [0.3, 0.4) is 0 Å². The molecule has 5 nitrogen and oxygen atoms in total. The van der Waals surface area contributed by atoms with Gasteiger partial charge in [0.15, 0.2) is 12.0 Å². The molecule has 0 aliphatic carbocycles. The smallest absolute Gasteiger partial charge is 0.220 e. The Hall–Kier alpha value is -2.69. The van der Waals surface area contributed by atoms with Crippen molar-refractivity contribution >= 4 is 11.7 Å². The molecule has 0 spiro atoms. The number of hydrogen-bond acceptors (Lipinski definition) is 3. The van der Waals surface area contributed by atoms with Gasteiger partial charge in [0.1, 0.15) is 18.8 Å². The second kappa shape index (κ2) is 18.5. The van der Waals surface area contributed by atoms with Gasteiger partial charge in [-0.1, -0.05) is 83.6 Å². The number of benzene rings is 1. The monoisotopic (exact) mass is 509 g/mol. The molecule has 0 radical (unpaired) electrons. The Morgan fingerprint density at radius 1 is 0.784 bits per heavy atom. The number of ketones is 1. The first-order valence-electron chi connectivity index (χ1n) is 14.5. The summed E-state index contributed by atoms with van der Waals surface area (Å²) >= 11 is 0. The van der Waals surface area contributed by atoms with Crippen LogP contribution in [0, 0.1) is 0 Å². The maximum absolute atomic E-state index is 12.9. The Morgan fingerprint density at radius 2 is 1.38 bits per heavy atom. The lowest BCUT2D eigenvalue weighted by atomic mass is 10.1. The minimum absolute atomic E-state index is 0.0625. The molecule has 0 saturated carbocycles. The zero-order valence-electron chi connectivity index (χ0n) is 23.6. The molecule has 1 aromatic carbocycles. The standard InChI is InChI=1S/C32H49N2O3/c1-4-6-7-8-9-10-11-12-13-14-15-18-25-37-31-22-20-29(21-23-31)32(36)27-34(28(3)35)26-30-19-16-17-24-33(30)5-2/h16-17,19-24H,4-15,18,25-27H2,1-3H3/q+1. The van der Waals surface area contributed by atoms with Gasteiger partial charge in [-0.25, -0.2) is 4.57 Å². The molecule has 0 fully saturated rings. The van der Waals surface area contributed by atoms with E-state index in [1.54, 1.807) is 17.0 Å². The molecular formula is C32H49N2O3+. The molecule has 2 rings (SSSR count). The third-order valence-electron chi connectivity index (χ3n) is 6.95. The number of rotatable bonds is 20. The molecular weight excluding hydrogens is 460 g/mol. The summed E-state index contributed by atoms with van der Waals surface area (Å²) in [5, 5.41) is 0. The number of carbonyl (C=O) groups excluding carboxylic acids is 2. The molecule has 37 heavy (non-hydrogen) atoms. The van der Waals surface area contributed by atoms with E-state index in [1.807, 2.05) is 36.5 Å². The molecule has 0 atom stereocenters. The van der Waals surface area contributed by atoms with Crippen LogP contribution >= 0.6 is 0 Å². The van der Waals surface area contributed by atoms with Crippen LogP contribution in [0.25, 0.3) is 0 Å². The van der Waals surface area contributed by atoms with Crippen LogP contribution in [0.2, 0.25) is 0 Å². The van der Waals surface area contributed by atoms with E-state index in [0.717, 1.165) is 24.4 Å².